The molecule has 0 aliphatic rings. The van der Waals surface area contributed by atoms with Crippen molar-refractivity contribution in [2.45, 2.75) is 20.8 Å². The number of furan rings is 1. The molecule has 0 saturated heterocycles. The lowest BCUT2D eigenvalue weighted by Crippen LogP contribution is -2.28. The third kappa shape index (κ3) is 3.56. The molecular weight excluding hydrogens is 570 g/mol. The Balaban J connectivity index is 1.66. The smallest absolute Gasteiger partial charge is 0.176 e. The fourth-order valence-corrected chi connectivity index (χ4v) is 7.83. The van der Waals surface area contributed by atoms with Crippen LogP contribution < -0.4 is 10.6 Å². The Kier molecular flexibility index (Phi) is 5.83. The summed E-state index contributed by atoms with van der Waals surface area (Å²) in [6.45, 7) is 10.1. The van der Waals surface area contributed by atoms with Crippen molar-refractivity contribution in [3.8, 4) is 5.82 Å². The number of halogens is 1. The van der Waals surface area contributed by atoms with E-state index in [1.165, 1.54) is 5.39 Å². The second-order valence-electron chi connectivity index (χ2n) is 10.6. The molecule has 0 unspecified atom stereocenters. The molecule has 0 fully saturated rings. The molecule has 4 nitrogen and oxygen atoms in total. The van der Waals surface area contributed by atoms with E-state index < -0.39 is 0 Å². The van der Waals surface area contributed by atoms with E-state index in [9.17, 15) is 0 Å². The maximum atomic E-state index is 7.04. The first-order chi connectivity index (χ1) is 21.0. The Morgan fingerprint density at radius 1 is 0.884 bits per heavy atom. The number of nitrogens with zero attached hydrogens (tertiary/aromatic N) is 3. The minimum absolute atomic E-state index is 0.346. The van der Waals surface area contributed by atoms with Gasteiger partial charge in [-0.3, -0.25) is 4.57 Å². The zero-order valence-electron chi connectivity index (χ0n) is 23.9. The molecule has 0 radical (unpaired) electrons. The Bertz CT molecular complexity index is 2640. The highest BCUT2D eigenvalue weighted by Crippen LogP contribution is 2.43. The molecule has 0 aliphatic carbocycles. The largest absolute Gasteiger partial charge is 0.454 e. The average molecular weight is 596 g/mol. The van der Waals surface area contributed by atoms with Crippen LogP contribution in [0.1, 0.15) is 24.3 Å². The van der Waals surface area contributed by atoms with Crippen LogP contribution in [0.4, 0.5) is 0 Å². The quantitative estimate of drug-likeness (QED) is 0.191. The molecule has 208 valence electrons. The number of benzene rings is 4. The van der Waals surface area contributed by atoms with Crippen LogP contribution in [0.3, 0.4) is 0 Å². The van der Waals surface area contributed by atoms with Crippen molar-refractivity contribution in [2.75, 3.05) is 0 Å². The summed E-state index contributed by atoms with van der Waals surface area (Å²) in [5.74, 6) is 0.577. The van der Waals surface area contributed by atoms with Gasteiger partial charge in [0, 0.05) is 31.8 Å². The zero-order valence-corrected chi connectivity index (χ0v) is 25.5. The summed E-state index contributed by atoms with van der Waals surface area (Å²) in [5.41, 5.74) is 4.43. The van der Waals surface area contributed by atoms with Gasteiger partial charge in [-0.15, -0.1) is 11.3 Å². The van der Waals surface area contributed by atoms with Gasteiger partial charge in [-0.2, -0.15) is 0 Å². The van der Waals surface area contributed by atoms with Gasteiger partial charge in [0.15, 0.2) is 16.6 Å². The molecule has 0 bridgehead atoms. The van der Waals surface area contributed by atoms with Crippen molar-refractivity contribution in [3.05, 3.63) is 106 Å². The Labute approximate surface area is 256 Å². The number of hydrogen-bond donors (Lipinski definition) is 0. The lowest BCUT2D eigenvalue weighted by Gasteiger charge is -2.10. The number of hydrogen-bond acceptors (Lipinski definition) is 4. The van der Waals surface area contributed by atoms with E-state index in [2.05, 4.69) is 105 Å². The van der Waals surface area contributed by atoms with E-state index in [-0.39, 0.29) is 0 Å². The van der Waals surface area contributed by atoms with Gasteiger partial charge in [0.1, 0.15) is 15.9 Å². The van der Waals surface area contributed by atoms with E-state index in [1.54, 1.807) is 17.4 Å². The highest BCUT2D eigenvalue weighted by Gasteiger charge is 2.25. The number of thiophene rings is 1. The monoisotopic (exact) mass is 595 g/mol. The van der Waals surface area contributed by atoms with Crippen molar-refractivity contribution < 1.29 is 4.42 Å². The SMILES string of the molecule is C=C/C=C\c1c(C)sc2nc(Cl)c(-n3c(=C/C)/c(=C\C)c4c5ccccc5c5c(oc6ccc7ccccc7c65)c43)nc12. The molecule has 43 heavy (non-hydrogen) atoms. The minimum atomic E-state index is 0.346. The van der Waals surface area contributed by atoms with Gasteiger partial charge >= 0.3 is 0 Å². The van der Waals surface area contributed by atoms with Crippen LogP contribution in [-0.4, -0.2) is 14.5 Å². The van der Waals surface area contributed by atoms with Gasteiger partial charge in [-0.05, 0) is 48.4 Å². The Hall–Kier alpha value is -4.71. The van der Waals surface area contributed by atoms with Crippen LogP contribution in [0.15, 0.2) is 83.8 Å². The van der Waals surface area contributed by atoms with Crippen molar-refractivity contribution in [1.82, 2.24) is 14.5 Å². The second kappa shape index (κ2) is 9.66. The molecule has 0 N–H and O–H groups in total. The van der Waals surface area contributed by atoms with E-state index in [0.29, 0.717) is 11.0 Å². The normalized spacial score (nSPS) is 13.4. The highest BCUT2D eigenvalue weighted by atomic mass is 35.5. The van der Waals surface area contributed by atoms with Crippen molar-refractivity contribution in [3.63, 3.8) is 0 Å². The third-order valence-corrected chi connectivity index (χ3v) is 9.63. The average Bonchev–Trinajstić information content (AvgIpc) is 3.68. The molecular formula is C37H26ClN3OS. The molecule has 4 aromatic carbocycles. The van der Waals surface area contributed by atoms with Crippen LogP contribution in [-0.2, 0) is 0 Å². The Morgan fingerprint density at radius 2 is 1.63 bits per heavy atom. The van der Waals surface area contributed by atoms with E-state index >= 15 is 0 Å². The van der Waals surface area contributed by atoms with Crippen LogP contribution in [0.5, 0.6) is 0 Å². The summed E-state index contributed by atoms with van der Waals surface area (Å²) >= 11 is 8.63. The third-order valence-electron chi connectivity index (χ3n) is 8.37. The van der Waals surface area contributed by atoms with E-state index in [1.807, 2.05) is 12.2 Å². The van der Waals surface area contributed by atoms with Gasteiger partial charge in [0.25, 0.3) is 0 Å². The predicted octanol–water partition coefficient (Wildman–Crippen LogP) is 9.60. The Morgan fingerprint density at radius 3 is 2.37 bits per heavy atom. The summed E-state index contributed by atoms with van der Waals surface area (Å²) < 4.78 is 9.00. The summed E-state index contributed by atoms with van der Waals surface area (Å²) in [5, 5.41) is 10.4. The summed E-state index contributed by atoms with van der Waals surface area (Å²) in [6.07, 6.45) is 10.0. The maximum Gasteiger partial charge on any atom is 0.176 e. The molecule has 0 spiro atoms. The first kappa shape index (κ1) is 26.0. The fourth-order valence-electron chi connectivity index (χ4n) is 6.61. The number of aryl methyl sites for hydroxylation is 1. The number of aromatic nitrogens is 3. The van der Waals surface area contributed by atoms with Gasteiger partial charge < -0.3 is 4.42 Å². The van der Waals surface area contributed by atoms with Gasteiger partial charge in [-0.25, -0.2) is 9.97 Å². The molecule has 6 heteroatoms. The van der Waals surface area contributed by atoms with E-state index in [4.69, 9.17) is 26.0 Å². The number of allylic oxidation sites excluding steroid dienone is 2. The lowest BCUT2D eigenvalue weighted by molar-refractivity contribution is 0.671. The number of rotatable bonds is 3. The van der Waals surface area contributed by atoms with Crippen LogP contribution in [0.2, 0.25) is 5.15 Å². The zero-order chi connectivity index (χ0) is 29.4. The molecule has 8 aromatic rings. The standard InChI is InChI=1S/C37H26ClN3OS/c1-5-8-14-23-20(4)43-37-32(23)39-36(35(38)40-37)41-27(7-3)22(6-2)29-25-16-11-12-17-26(25)31-30-24-15-10-9-13-21(24)18-19-28(30)42-34(31)33(29)41/h5-19H,1H2,2-4H3/b14-8-,22-6+,27-7+. The summed E-state index contributed by atoms with van der Waals surface area (Å²) in [4.78, 5) is 12.0. The molecule has 4 heterocycles. The number of fused-ring (bicyclic) bond motifs is 11. The van der Waals surface area contributed by atoms with Gasteiger partial charge in [0.05, 0.1) is 10.9 Å². The maximum absolute atomic E-state index is 7.04. The summed E-state index contributed by atoms with van der Waals surface area (Å²) in [6, 6.07) is 21.3. The topological polar surface area (TPSA) is 43.9 Å². The second-order valence-corrected chi connectivity index (χ2v) is 12.2. The molecule has 0 atom stereocenters. The molecule has 0 aliphatic heterocycles. The fraction of sp³-hybridized carbons (Fsp3) is 0.0811. The molecule has 4 aromatic heterocycles. The van der Waals surface area contributed by atoms with Gasteiger partial charge in [0.2, 0.25) is 0 Å². The van der Waals surface area contributed by atoms with Crippen LogP contribution >= 0.6 is 22.9 Å². The first-order valence-corrected chi connectivity index (χ1v) is 15.4. The van der Waals surface area contributed by atoms with E-state index in [0.717, 1.165) is 80.4 Å². The highest BCUT2D eigenvalue weighted by molar-refractivity contribution is 7.18. The van der Waals surface area contributed by atoms with Crippen molar-refractivity contribution >= 4 is 106 Å². The lowest BCUT2D eigenvalue weighted by atomic mass is 9.97. The molecule has 0 amide bonds. The summed E-state index contributed by atoms with van der Waals surface area (Å²) in [7, 11) is 0. The van der Waals surface area contributed by atoms with Crippen molar-refractivity contribution in [1.29, 1.82) is 0 Å². The van der Waals surface area contributed by atoms with Crippen LogP contribution in [0.25, 0.3) is 88.8 Å². The minimum Gasteiger partial charge on any atom is -0.454 e. The van der Waals surface area contributed by atoms with Crippen molar-refractivity contribution in [2.24, 2.45) is 0 Å². The molecule has 0 saturated carbocycles. The van der Waals surface area contributed by atoms with Crippen LogP contribution in [0, 0.1) is 6.92 Å². The van der Waals surface area contributed by atoms with Gasteiger partial charge in [-0.1, -0.05) is 103 Å². The first-order valence-electron chi connectivity index (χ1n) is 14.2. The predicted molar refractivity (Wildman–Crippen MR) is 185 cm³/mol. The molecule has 8 rings (SSSR count).